The fourth-order valence-electron chi connectivity index (χ4n) is 1.71. The number of benzene rings is 1. The average molecular weight is 362 g/mol. The molecule has 0 fully saturated rings. The monoisotopic (exact) mass is 363 g/mol. The topological polar surface area (TPSA) is 39.2 Å². The predicted octanol–water partition coefficient (Wildman–Crippen LogP) is 3.31. The van der Waals surface area contributed by atoms with Gasteiger partial charge in [-0.05, 0) is 0 Å². The Morgan fingerprint density at radius 2 is 1.90 bits per heavy atom. The second-order valence-corrected chi connectivity index (χ2v) is 6.33. The van der Waals surface area contributed by atoms with E-state index in [1.54, 1.807) is 13.8 Å². The molecule has 3 nitrogen and oxygen atoms in total. The Balaban J connectivity index is 2.31. The van der Waals surface area contributed by atoms with Gasteiger partial charge < -0.3 is 0 Å². The Bertz CT molecular complexity index is 647. The van der Waals surface area contributed by atoms with Crippen LogP contribution in [0.15, 0.2) is 24.3 Å². The zero-order chi connectivity index (χ0) is 15.6. The second kappa shape index (κ2) is 6.03. The molecule has 1 heterocycles. The summed E-state index contributed by atoms with van der Waals surface area (Å²) in [5.74, 6) is -0.402. The number of esters is 1. The molecule has 1 aromatic carbocycles. The van der Waals surface area contributed by atoms with Crippen LogP contribution in [0.4, 0.5) is 13.2 Å². The molecule has 0 unspecified atom stereocenters. The summed E-state index contributed by atoms with van der Waals surface area (Å²) in [6.45, 7) is 3.69. The number of carbonyl (C=O) groups is 1. The Morgan fingerprint density at radius 3 is 2.43 bits per heavy atom. The van der Waals surface area contributed by atoms with Crippen molar-refractivity contribution in [2.45, 2.75) is 20.0 Å². The number of ether oxygens (including phenoxy) is 1. The summed E-state index contributed by atoms with van der Waals surface area (Å²) < 4.78 is 43.6. The first-order valence-electron chi connectivity index (χ1n) is 6.15. The fourth-order valence-corrected chi connectivity index (χ4v) is 3.73. The van der Waals surface area contributed by atoms with Gasteiger partial charge in [0.2, 0.25) is 0 Å². The average Bonchev–Trinajstić information content (AvgIpc) is 2.80. The van der Waals surface area contributed by atoms with E-state index >= 15 is 0 Å². The van der Waals surface area contributed by atoms with Crippen LogP contribution in [0.2, 0.25) is 0 Å². The Morgan fingerprint density at radius 1 is 1.29 bits per heavy atom. The van der Waals surface area contributed by atoms with Crippen molar-refractivity contribution < 1.29 is 22.7 Å². The summed E-state index contributed by atoms with van der Waals surface area (Å²) in [6, 6.07) is 4.80. The van der Waals surface area contributed by atoms with Gasteiger partial charge in [0.15, 0.2) is 0 Å². The predicted molar refractivity (Wildman–Crippen MR) is 72.3 cm³/mol. The van der Waals surface area contributed by atoms with Crippen LogP contribution in [0, 0.1) is 6.92 Å². The van der Waals surface area contributed by atoms with Crippen molar-refractivity contribution in [1.82, 2.24) is 4.98 Å². The van der Waals surface area contributed by atoms with Gasteiger partial charge in [0.1, 0.15) is 0 Å². The number of nitrogens with zero attached hydrogens (tertiary/aromatic N) is 1. The number of carbonyl (C=O) groups excluding carboxylic acids is 1. The van der Waals surface area contributed by atoms with E-state index in [0.29, 0.717) is 20.3 Å². The first-order chi connectivity index (χ1) is 9.82. The van der Waals surface area contributed by atoms with Crippen LogP contribution in [0.1, 0.15) is 27.4 Å². The third kappa shape index (κ3) is 3.54. The van der Waals surface area contributed by atoms with E-state index in [1.165, 1.54) is 12.1 Å². The molecule has 112 valence electrons. The number of hydrogen-bond acceptors (Lipinski definition) is 3. The van der Waals surface area contributed by atoms with Crippen molar-refractivity contribution in [2.24, 2.45) is 0 Å². The maximum atomic E-state index is 12.5. The van der Waals surface area contributed by atoms with Crippen molar-refractivity contribution in [2.75, 3.05) is 6.61 Å². The minimum atomic E-state index is -4.36. The molecular formula is C14H12F3NO2Se. The molecule has 0 saturated heterocycles. The summed E-state index contributed by atoms with van der Waals surface area (Å²) in [6.07, 6.45) is -4.36. The van der Waals surface area contributed by atoms with Crippen molar-refractivity contribution in [3.05, 3.63) is 40.0 Å². The minimum absolute atomic E-state index is 0.279. The summed E-state index contributed by atoms with van der Waals surface area (Å²) in [7, 11) is 0. The van der Waals surface area contributed by atoms with E-state index in [1.807, 2.05) is 0 Å². The molecule has 2 rings (SSSR count). The van der Waals surface area contributed by atoms with Crippen molar-refractivity contribution in [1.29, 1.82) is 0 Å². The van der Waals surface area contributed by atoms with E-state index in [2.05, 4.69) is 4.98 Å². The van der Waals surface area contributed by atoms with Gasteiger partial charge in [-0.15, -0.1) is 0 Å². The van der Waals surface area contributed by atoms with Gasteiger partial charge in [0, 0.05) is 0 Å². The number of alkyl halides is 3. The van der Waals surface area contributed by atoms with Crippen molar-refractivity contribution >= 4 is 20.5 Å². The quantitative estimate of drug-likeness (QED) is 0.621. The van der Waals surface area contributed by atoms with Crippen LogP contribution in [0.3, 0.4) is 0 Å². The van der Waals surface area contributed by atoms with E-state index in [4.69, 9.17) is 4.74 Å². The standard InChI is InChI=1S/C14H12F3NO2Se/c1-3-20-13(19)11-8(2)18-12(21-11)9-4-6-10(7-5-9)14(15,16)17/h4-7H,3H2,1-2H3. The van der Waals surface area contributed by atoms with Gasteiger partial charge in [-0.25, -0.2) is 0 Å². The Hall–Kier alpha value is -1.59. The van der Waals surface area contributed by atoms with Gasteiger partial charge >= 0.3 is 125 Å². The molecule has 7 heteroatoms. The van der Waals surface area contributed by atoms with E-state index in [9.17, 15) is 18.0 Å². The molecule has 0 spiro atoms. The summed E-state index contributed by atoms with van der Waals surface area (Å²) in [4.78, 5) is 16.0. The number of aryl methyl sites for hydroxylation is 1. The van der Waals surface area contributed by atoms with Crippen molar-refractivity contribution in [3.8, 4) is 10.1 Å². The second-order valence-electron chi connectivity index (χ2n) is 4.23. The molecule has 0 aliphatic carbocycles. The molecule has 0 atom stereocenters. The molecule has 0 saturated carbocycles. The normalized spacial score (nSPS) is 11.5. The summed E-state index contributed by atoms with van der Waals surface area (Å²) >= 11 is -0.351. The van der Waals surface area contributed by atoms with Crippen LogP contribution >= 0.6 is 0 Å². The molecular weight excluding hydrogens is 350 g/mol. The van der Waals surface area contributed by atoms with Crippen LogP contribution in [-0.4, -0.2) is 32.1 Å². The molecule has 21 heavy (non-hydrogen) atoms. The number of hydrogen-bond donors (Lipinski definition) is 0. The van der Waals surface area contributed by atoms with Crippen LogP contribution < -0.4 is 0 Å². The Labute approximate surface area is 125 Å². The zero-order valence-corrected chi connectivity index (χ0v) is 13.0. The van der Waals surface area contributed by atoms with E-state index in [-0.39, 0.29) is 21.1 Å². The van der Waals surface area contributed by atoms with Gasteiger partial charge in [0.05, 0.1) is 0 Å². The molecule has 0 N–H and O–H groups in total. The van der Waals surface area contributed by atoms with Gasteiger partial charge in [0.25, 0.3) is 0 Å². The molecule has 0 bridgehead atoms. The van der Waals surface area contributed by atoms with E-state index in [0.717, 1.165) is 12.1 Å². The SMILES string of the molecule is CCOC(=O)c1[se]c(-c2ccc(C(F)(F)F)cc2)nc1C. The van der Waals surface area contributed by atoms with Gasteiger partial charge in [-0.1, -0.05) is 0 Å². The first kappa shape index (κ1) is 15.8. The van der Waals surface area contributed by atoms with Crippen LogP contribution in [0.5, 0.6) is 0 Å². The maximum absolute atomic E-state index is 12.5. The summed E-state index contributed by atoms with van der Waals surface area (Å²) in [5, 5.41) is 0. The summed E-state index contributed by atoms with van der Waals surface area (Å²) in [5.41, 5.74) is 0.470. The molecule has 2 aromatic rings. The molecule has 1 aromatic heterocycles. The van der Waals surface area contributed by atoms with E-state index < -0.39 is 17.7 Å². The molecule has 0 aliphatic heterocycles. The Kier molecular flexibility index (Phi) is 4.54. The number of rotatable bonds is 3. The van der Waals surface area contributed by atoms with Gasteiger partial charge in [-0.2, -0.15) is 0 Å². The van der Waals surface area contributed by atoms with Gasteiger partial charge in [-0.3, -0.25) is 0 Å². The van der Waals surface area contributed by atoms with Crippen LogP contribution in [-0.2, 0) is 10.9 Å². The third-order valence-corrected chi connectivity index (χ3v) is 5.21. The molecule has 0 aliphatic rings. The van der Waals surface area contributed by atoms with Crippen LogP contribution in [0.25, 0.3) is 10.1 Å². The fraction of sp³-hybridized carbons (Fsp3) is 0.286. The molecule has 0 amide bonds. The zero-order valence-electron chi connectivity index (χ0n) is 11.3. The number of halogens is 3. The van der Waals surface area contributed by atoms with Crippen molar-refractivity contribution in [3.63, 3.8) is 0 Å². The molecule has 0 radical (unpaired) electrons. The third-order valence-electron chi connectivity index (χ3n) is 2.72. The number of aromatic nitrogens is 1. The first-order valence-corrected chi connectivity index (χ1v) is 7.86.